The van der Waals surface area contributed by atoms with E-state index in [1.165, 1.54) is 0 Å². The van der Waals surface area contributed by atoms with Gasteiger partial charge in [-0.2, -0.15) is 0 Å². The molecule has 0 aliphatic carbocycles. The van der Waals surface area contributed by atoms with Gasteiger partial charge in [-0.1, -0.05) is 0 Å². The topological polar surface area (TPSA) is 52.6 Å². The van der Waals surface area contributed by atoms with Crippen molar-refractivity contribution < 1.29 is 9.90 Å². The molecule has 0 aromatic carbocycles. The molecule has 1 aliphatic rings. The van der Waals surface area contributed by atoms with Crippen LogP contribution in [-0.4, -0.2) is 48.2 Å². The van der Waals surface area contributed by atoms with Crippen LogP contribution in [0, 0.1) is 0 Å². The van der Waals surface area contributed by atoms with Crippen molar-refractivity contribution in [2.24, 2.45) is 0 Å². The van der Waals surface area contributed by atoms with Gasteiger partial charge in [0.25, 0.3) is 0 Å². The SMILES string of the molecule is CC1CN(C)CC(CCC(=O)O)N1. The van der Waals surface area contributed by atoms with Crippen molar-refractivity contribution in [1.29, 1.82) is 0 Å². The second kappa shape index (κ2) is 4.58. The van der Waals surface area contributed by atoms with Gasteiger partial charge in [0.1, 0.15) is 0 Å². The van der Waals surface area contributed by atoms with Crippen molar-refractivity contribution in [3.05, 3.63) is 0 Å². The van der Waals surface area contributed by atoms with Crippen molar-refractivity contribution in [2.45, 2.75) is 31.8 Å². The summed E-state index contributed by atoms with van der Waals surface area (Å²) in [5, 5.41) is 11.9. The fraction of sp³-hybridized carbons (Fsp3) is 0.889. The zero-order valence-electron chi connectivity index (χ0n) is 8.29. The van der Waals surface area contributed by atoms with E-state index in [0.29, 0.717) is 12.1 Å². The van der Waals surface area contributed by atoms with Gasteiger partial charge < -0.3 is 15.3 Å². The third kappa shape index (κ3) is 3.74. The predicted molar refractivity (Wildman–Crippen MR) is 50.8 cm³/mol. The highest BCUT2D eigenvalue weighted by Crippen LogP contribution is 2.06. The second-order valence-corrected chi connectivity index (χ2v) is 3.92. The van der Waals surface area contributed by atoms with Gasteiger partial charge >= 0.3 is 5.97 Å². The maximum atomic E-state index is 10.4. The summed E-state index contributed by atoms with van der Waals surface area (Å²) in [6.45, 7) is 4.13. The molecule has 0 radical (unpaired) electrons. The van der Waals surface area contributed by atoms with Gasteiger partial charge in [-0.25, -0.2) is 0 Å². The van der Waals surface area contributed by atoms with Crippen molar-refractivity contribution in [2.75, 3.05) is 20.1 Å². The Morgan fingerprint density at radius 3 is 2.85 bits per heavy atom. The molecule has 0 aromatic heterocycles. The van der Waals surface area contributed by atoms with Crippen LogP contribution in [0.5, 0.6) is 0 Å². The van der Waals surface area contributed by atoms with Crippen LogP contribution in [0.2, 0.25) is 0 Å². The van der Waals surface area contributed by atoms with Gasteiger partial charge in [0.05, 0.1) is 0 Å². The van der Waals surface area contributed by atoms with E-state index in [2.05, 4.69) is 24.2 Å². The largest absolute Gasteiger partial charge is 0.481 e. The highest BCUT2D eigenvalue weighted by molar-refractivity contribution is 5.66. The van der Waals surface area contributed by atoms with Gasteiger partial charge in [0.15, 0.2) is 0 Å². The molecule has 1 aliphatic heterocycles. The number of carbonyl (C=O) groups is 1. The first-order valence-electron chi connectivity index (χ1n) is 4.74. The average Bonchev–Trinajstić information content (AvgIpc) is 1.99. The number of piperazine rings is 1. The number of nitrogens with zero attached hydrogens (tertiary/aromatic N) is 1. The Balaban J connectivity index is 2.28. The van der Waals surface area contributed by atoms with E-state index in [0.717, 1.165) is 19.5 Å². The Morgan fingerprint density at radius 2 is 2.31 bits per heavy atom. The molecule has 0 aromatic rings. The molecular weight excluding hydrogens is 168 g/mol. The lowest BCUT2D eigenvalue weighted by Gasteiger charge is -2.35. The van der Waals surface area contributed by atoms with Gasteiger partial charge in [0.2, 0.25) is 0 Å². The van der Waals surface area contributed by atoms with Gasteiger partial charge in [0, 0.05) is 31.6 Å². The number of carboxylic acids is 1. The third-order valence-electron chi connectivity index (χ3n) is 2.34. The number of hydrogen-bond acceptors (Lipinski definition) is 3. The molecule has 1 saturated heterocycles. The Labute approximate surface area is 78.9 Å². The van der Waals surface area contributed by atoms with Crippen molar-refractivity contribution in [3.63, 3.8) is 0 Å². The van der Waals surface area contributed by atoms with E-state index in [1.807, 2.05) is 0 Å². The minimum absolute atomic E-state index is 0.262. The number of likely N-dealkylation sites (N-methyl/N-ethyl adjacent to an activating group) is 1. The van der Waals surface area contributed by atoms with E-state index in [9.17, 15) is 4.79 Å². The Kier molecular flexibility index (Phi) is 3.69. The summed E-state index contributed by atoms with van der Waals surface area (Å²) in [7, 11) is 2.07. The van der Waals surface area contributed by atoms with Crippen LogP contribution >= 0.6 is 0 Å². The molecule has 0 amide bonds. The second-order valence-electron chi connectivity index (χ2n) is 3.92. The first-order chi connectivity index (χ1) is 6.08. The van der Waals surface area contributed by atoms with Crippen molar-refractivity contribution in [3.8, 4) is 0 Å². The summed E-state index contributed by atoms with van der Waals surface area (Å²) in [5.74, 6) is -0.706. The van der Waals surface area contributed by atoms with Crippen molar-refractivity contribution in [1.82, 2.24) is 10.2 Å². The summed E-state index contributed by atoms with van der Waals surface area (Å²) in [6, 6.07) is 0.808. The minimum Gasteiger partial charge on any atom is -0.481 e. The molecule has 0 spiro atoms. The van der Waals surface area contributed by atoms with Crippen LogP contribution in [0.15, 0.2) is 0 Å². The fourth-order valence-electron chi connectivity index (χ4n) is 1.90. The predicted octanol–water partition coefficient (Wildman–Crippen LogP) is 0.143. The van der Waals surface area contributed by atoms with Gasteiger partial charge in [-0.3, -0.25) is 4.79 Å². The molecule has 4 heteroatoms. The normalized spacial score (nSPS) is 30.3. The maximum Gasteiger partial charge on any atom is 0.303 e. The van der Waals surface area contributed by atoms with Crippen LogP contribution in [0.25, 0.3) is 0 Å². The Morgan fingerprint density at radius 1 is 1.62 bits per heavy atom. The van der Waals surface area contributed by atoms with Gasteiger partial charge in [-0.15, -0.1) is 0 Å². The summed E-state index contributed by atoms with van der Waals surface area (Å²) in [5.41, 5.74) is 0. The molecule has 1 fully saturated rings. The molecule has 76 valence electrons. The smallest absolute Gasteiger partial charge is 0.303 e. The molecule has 2 N–H and O–H groups in total. The van der Waals surface area contributed by atoms with E-state index < -0.39 is 5.97 Å². The quantitative estimate of drug-likeness (QED) is 0.658. The zero-order valence-corrected chi connectivity index (χ0v) is 8.29. The monoisotopic (exact) mass is 186 g/mol. The molecule has 13 heavy (non-hydrogen) atoms. The molecule has 0 bridgehead atoms. The molecule has 2 unspecified atom stereocenters. The lowest BCUT2D eigenvalue weighted by atomic mass is 10.1. The lowest BCUT2D eigenvalue weighted by Crippen LogP contribution is -2.54. The molecule has 1 heterocycles. The maximum absolute atomic E-state index is 10.4. The number of carboxylic acid groups (broad SMARTS) is 1. The molecule has 1 rings (SSSR count). The highest BCUT2D eigenvalue weighted by Gasteiger charge is 2.21. The number of rotatable bonds is 3. The van der Waals surface area contributed by atoms with Crippen LogP contribution in [-0.2, 0) is 4.79 Å². The molecule has 4 nitrogen and oxygen atoms in total. The number of nitrogens with one attached hydrogen (secondary N) is 1. The first-order valence-corrected chi connectivity index (χ1v) is 4.74. The first kappa shape index (κ1) is 10.5. The summed E-state index contributed by atoms with van der Waals surface area (Å²) in [6.07, 6.45) is 0.988. The van der Waals surface area contributed by atoms with Crippen LogP contribution in [0.1, 0.15) is 19.8 Å². The standard InChI is InChI=1S/C9H18N2O2/c1-7-5-11(2)6-8(10-7)3-4-9(12)13/h7-8,10H,3-6H2,1-2H3,(H,12,13). The average molecular weight is 186 g/mol. The summed E-state index contributed by atoms with van der Waals surface area (Å²) < 4.78 is 0. The highest BCUT2D eigenvalue weighted by atomic mass is 16.4. The number of hydrogen-bond donors (Lipinski definition) is 2. The Bertz CT molecular complexity index is 174. The lowest BCUT2D eigenvalue weighted by molar-refractivity contribution is -0.137. The van der Waals surface area contributed by atoms with Crippen LogP contribution < -0.4 is 5.32 Å². The minimum atomic E-state index is -0.706. The summed E-state index contributed by atoms with van der Waals surface area (Å²) in [4.78, 5) is 12.6. The van der Waals surface area contributed by atoms with E-state index in [4.69, 9.17) is 5.11 Å². The zero-order chi connectivity index (χ0) is 9.84. The van der Waals surface area contributed by atoms with Gasteiger partial charge in [-0.05, 0) is 20.4 Å². The fourth-order valence-corrected chi connectivity index (χ4v) is 1.90. The van der Waals surface area contributed by atoms with Crippen molar-refractivity contribution >= 4 is 5.97 Å². The van der Waals surface area contributed by atoms with E-state index in [-0.39, 0.29) is 6.42 Å². The van der Waals surface area contributed by atoms with Crippen LogP contribution in [0.4, 0.5) is 0 Å². The third-order valence-corrected chi connectivity index (χ3v) is 2.34. The van der Waals surface area contributed by atoms with Crippen LogP contribution in [0.3, 0.4) is 0 Å². The molecule has 2 atom stereocenters. The molecule has 0 saturated carbocycles. The van der Waals surface area contributed by atoms with E-state index in [1.54, 1.807) is 0 Å². The van der Waals surface area contributed by atoms with E-state index >= 15 is 0 Å². The number of aliphatic carboxylic acids is 1. The molecular formula is C9H18N2O2. The Hall–Kier alpha value is -0.610. The summed E-state index contributed by atoms with van der Waals surface area (Å²) >= 11 is 0.